The van der Waals surface area contributed by atoms with E-state index in [9.17, 15) is 10.1 Å². The lowest BCUT2D eigenvalue weighted by Gasteiger charge is -2.09. The van der Waals surface area contributed by atoms with Gasteiger partial charge in [0.15, 0.2) is 0 Å². The van der Waals surface area contributed by atoms with Gasteiger partial charge in [0.1, 0.15) is 11.5 Å². The molecule has 0 aliphatic rings. The Hall–Kier alpha value is -2.56. The van der Waals surface area contributed by atoms with Crippen LogP contribution in [-0.4, -0.2) is 11.5 Å². The summed E-state index contributed by atoms with van der Waals surface area (Å²) in [5.74, 6) is 1.11. The standard InChI is InChI=1S/C16H18N2O3/c1-3-8-17-13-9-14(18(19)20)11-16(10-13)21-15-6-4-12(2)5-7-15/h4-7,9-11,17H,3,8H2,1-2H3. The number of aryl methyl sites for hydroxylation is 1. The van der Waals surface area contributed by atoms with E-state index in [-0.39, 0.29) is 5.69 Å². The van der Waals surface area contributed by atoms with E-state index in [1.165, 1.54) is 12.1 Å². The van der Waals surface area contributed by atoms with E-state index in [1.54, 1.807) is 6.07 Å². The van der Waals surface area contributed by atoms with Crippen LogP contribution in [0.15, 0.2) is 42.5 Å². The lowest BCUT2D eigenvalue weighted by Crippen LogP contribution is -2.01. The molecule has 110 valence electrons. The van der Waals surface area contributed by atoms with Crippen LogP contribution < -0.4 is 10.1 Å². The summed E-state index contributed by atoms with van der Waals surface area (Å²) in [6.45, 7) is 4.78. The van der Waals surface area contributed by atoms with Gasteiger partial charge >= 0.3 is 0 Å². The van der Waals surface area contributed by atoms with Gasteiger partial charge in [0.05, 0.1) is 11.0 Å². The summed E-state index contributed by atoms with van der Waals surface area (Å²) in [6.07, 6.45) is 0.941. The van der Waals surface area contributed by atoms with E-state index in [2.05, 4.69) is 5.32 Å². The Bertz CT molecular complexity index is 624. The van der Waals surface area contributed by atoms with Gasteiger partial charge in [0.25, 0.3) is 5.69 Å². The van der Waals surface area contributed by atoms with Crippen molar-refractivity contribution in [3.05, 3.63) is 58.1 Å². The van der Waals surface area contributed by atoms with Crippen LogP contribution in [0.5, 0.6) is 11.5 Å². The maximum atomic E-state index is 11.0. The van der Waals surface area contributed by atoms with Crippen LogP contribution >= 0.6 is 0 Å². The van der Waals surface area contributed by atoms with E-state index < -0.39 is 4.92 Å². The maximum Gasteiger partial charge on any atom is 0.275 e. The minimum absolute atomic E-state index is 0.0122. The molecule has 0 unspecified atom stereocenters. The van der Waals surface area contributed by atoms with Gasteiger partial charge in [-0.1, -0.05) is 24.6 Å². The molecule has 0 amide bonds. The van der Waals surface area contributed by atoms with Gasteiger partial charge in [-0.2, -0.15) is 0 Å². The molecule has 0 aliphatic carbocycles. The number of nitrogens with one attached hydrogen (secondary N) is 1. The molecule has 21 heavy (non-hydrogen) atoms. The molecular weight excluding hydrogens is 268 g/mol. The zero-order valence-electron chi connectivity index (χ0n) is 12.1. The molecule has 5 nitrogen and oxygen atoms in total. The number of hydrogen-bond acceptors (Lipinski definition) is 4. The first-order chi connectivity index (χ1) is 10.1. The molecule has 5 heteroatoms. The molecule has 0 fully saturated rings. The first kappa shape index (κ1) is 14.8. The number of nitro benzene ring substituents is 1. The zero-order valence-corrected chi connectivity index (χ0v) is 12.1. The van der Waals surface area contributed by atoms with Crippen molar-refractivity contribution in [2.45, 2.75) is 20.3 Å². The second-order valence-electron chi connectivity index (χ2n) is 4.81. The average Bonchev–Trinajstić information content (AvgIpc) is 2.47. The first-order valence-corrected chi connectivity index (χ1v) is 6.86. The predicted octanol–water partition coefficient (Wildman–Crippen LogP) is 4.52. The third kappa shape index (κ3) is 4.21. The van der Waals surface area contributed by atoms with Crippen LogP contribution in [0.1, 0.15) is 18.9 Å². The fourth-order valence-electron chi connectivity index (χ4n) is 1.86. The zero-order chi connectivity index (χ0) is 15.2. The molecule has 2 rings (SSSR count). The topological polar surface area (TPSA) is 64.4 Å². The minimum atomic E-state index is -0.418. The Kier molecular flexibility index (Phi) is 4.77. The predicted molar refractivity (Wildman–Crippen MR) is 83.1 cm³/mol. The molecule has 0 atom stereocenters. The van der Waals surface area contributed by atoms with Crippen LogP contribution in [0.3, 0.4) is 0 Å². The quantitative estimate of drug-likeness (QED) is 0.626. The van der Waals surface area contributed by atoms with Crippen LogP contribution in [0, 0.1) is 17.0 Å². The van der Waals surface area contributed by atoms with Gasteiger partial charge in [-0.05, 0) is 25.5 Å². The highest BCUT2D eigenvalue weighted by Crippen LogP contribution is 2.29. The summed E-state index contributed by atoms with van der Waals surface area (Å²) in [6, 6.07) is 12.3. The Morgan fingerprint density at radius 2 is 1.86 bits per heavy atom. The van der Waals surface area contributed by atoms with Gasteiger partial charge < -0.3 is 10.1 Å². The lowest BCUT2D eigenvalue weighted by atomic mass is 10.2. The summed E-state index contributed by atoms with van der Waals surface area (Å²) >= 11 is 0. The van der Waals surface area contributed by atoms with Gasteiger partial charge in [0, 0.05) is 24.4 Å². The Morgan fingerprint density at radius 1 is 1.14 bits per heavy atom. The smallest absolute Gasteiger partial charge is 0.275 e. The van der Waals surface area contributed by atoms with Crippen molar-refractivity contribution in [2.75, 3.05) is 11.9 Å². The number of ether oxygens (including phenoxy) is 1. The molecule has 0 spiro atoms. The van der Waals surface area contributed by atoms with Gasteiger partial charge in [-0.3, -0.25) is 10.1 Å². The summed E-state index contributed by atoms with van der Waals surface area (Å²) in [5, 5.41) is 14.1. The minimum Gasteiger partial charge on any atom is -0.457 e. The van der Waals surface area contributed by atoms with Crippen molar-refractivity contribution < 1.29 is 9.66 Å². The van der Waals surface area contributed by atoms with Crippen molar-refractivity contribution in [2.24, 2.45) is 0 Å². The fourth-order valence-corrected chi connectivity index (χ4v) is 1.86. The number of benzene rings is 2. The van der Waals surface area contributed by atoms with E-state index in [0.29, 0.717) is 17.2 Å². The monoisotopic (exact) mass is 286 g/mol. The Balaban J connectivity index is 2.26. The van der Waals surface area contributed by atoms with Gasteiger partial charge in [-0.15, -0.1) is 0 Å². The Morgan fingerprint density at radius 3 is 2.48 bits per heavy atom. The van der Waals surface area contributed by atoms with Crippen LogP contribution in [0.2, 0.25) is 0 Å². The van der Waals surface area contributed by atoms with Crippen molar-refractivity contribution in [3.8, 4) is 11.5 Å². The van der Waals surface area contributed by atoms with Crippen molar-refractivity contribution in [1.82, 2.24) is 0 Å². The van der Waals surface area contributed by atoms with Gasteiger partial charge in [-0.25, -0.2) is 0 Å². The normalized spacial score (nSPS) is 10.2. The lowest BCUT2D eigenvalue weighted by molar-refractivity contribution is -0.384. The summed E-state index contributed by atoms with van der Waals surface area (Å²) in [5.41, 5.74) is 1.83. The number of nitrogens with zero attached hydrogens (tertiary/aromatic N) is 1. The molecule has 2 aromatic rings. The number of nitro groups is 1. The molecule has 0 aromatic heterocycles. The summed E-state index contributed by atoms with van der Waals surface area (Å²) in [7, 11) is 0. The van der Waals surface area contributed by atoms with Crippen molar-refractivity contribution in [1.29, 1.82) is 0 Å². The molecular formula is C16H18N2O3. The summed E-state index contributed by atoms with van der Waals surface area (Å²) < 4.78 is 5.70. The van der Waals surface area contributed by atoms with Crippen molar-refractivity contribution in [3.63, 3.8) is 0 Å². The first-order valence-electron chi connectivity index (χ1n) is 6.86. The number of anilines is 1. The van der Waals surface area contributed by atoms with Gasteiger partial charge in [0.2, 0.25) is 0 Å². The average molecular weight is 286 g/mol. The molecule has 0 radical (unpaired) electrons. The van der Waals surface area contributed by atoms with Crippen LogP contribution in [-0.2, 0) is 0 Å². The van der Waals surface area contributed by atoms with E-state index in [1.807, 2.05) is 38.1 Å². The number of rotatable bonds is 6. The highest BCUT2D eigenvalue weighted by Gasteiger charge is 2.11. The third-order valence-electron chi connectivity index (χ3n) is 2.94. The van der Waals surface area contributed by atoms with E-state index in [4.69, 9.17) is 4.74 Å². The maximum absolute atomic E-state index is 11.0. The molecule has 1 N–H and O–H groups in total. The van der Waals surface area contributed by atoms with Crippen molar-refractivity contribution >= 4 is 11.4 Å². The Labute approximate surface area is 123 Å². The largest absolute Gasteiger partial charge is 0.457 e. The second kappa shape index (κ2) is 6.74. The molecule has 0 saturated heterocycles. The molecule has 0 saturated carbocycles. The molecule has 0 bridgehead atoms. The van der Waals surface area contributed by atoms with E-state index >= 15 is 0 Å². The molecule has 0 heterocycles. The number of hydrogen-bond donors (Lipinski definition) is 1. The third-order valence-corrected chi connectivity index (χ3v) is 2.94. The number of non-ortho nitro benzene ring substituents is 1. The van der Waals surface area contributed by atoms with Crippen LogP contribution in [0.4, 0.5) is 11.4 Å². The SMILES string of the molecule is CCCNc1cc(Oc2ccc(C)cc2)cc([N+](=O)[O-])c1. The van der Waals surface area contributed by atoms with E-state index in [0.717, 1.165) is 18.5 Å². The summed E-state index contributed by atoms with van der Waals surface area (Å²) in [4.78, 5) is 10.6. The second-order valence-corrected chi connectivity index (χ2v) is 4.81. The fraction of sp³-hybridized carbons (Fsp3) is 0.250. The van der Waals surface area contributed by atoms with Crippen LogP contribution in [0.25, 0.3) is 0 Å². The highest BCUT2D eigenvalue weighted by atomic mass is 16.6. The molecule has 0 aliphatic heterocycles. The molecule has 2 aromatic carbocycles. The highest BCUT2D eigenvalue weighted by molar-refractivity contribution is 5.57.